The molecule has 94 valence electrons. The van der Waals surface area contributed by atoms with Gasteiger partial charge in [-0.25, -0.2) is 0 Å². The summed E-state index contributed by atoms with van der Waals surface area (Å²) in [5, 5.41) is 11.5. The molecule has 0 atom stereocenters. The molecule has 6 heteroatoms. The number of carbonyl (C=O) groups excluding carboxylic acids is 1. The number of benzene rings is 1. The van der Waals surface area contributed by atoms with E-state index in [1.54, 1.807) is 7.05 Å². The van der Waals surface area contributed by atoms with Crippen LogP contribution in [0.1, 0.15) is 17.0 Å². The van der Waals surface area contributed by atoms with Crippen LogP contribution in [-0.2, 0) is 31.2 Å². The molecule has 1 heterocycles. The fourth-order valence-electron chi connectivity index (χ4n) is 1.77. The number of nitrogens with zero attached hydrogens (tertiary/aromatic N) is 4. The molecule has 0 aliphatic heterocycles. The van der Waals surface area contributed by atoms with Crippen molar-refractivity contribution >= 4 is 5.78 Å². The number of tetrazole rings is 1. The second kappa shape index (κ2) is 5.50. The Bertz CT molecular complexity index is 549. The van der Waals surface area contributed by atoms with Gasteiger partial charge in [-0.1, -0.05) is 24.3 Å². The van der Waals surface area contributed by atoms with Crippen molar-refractivity contribution in [2.75, 3.05) is 0 Å². The fourth-order valence-corrected chi connectivity index (χ4v) is 1.77. The summed E-state index contributed by atoms with van der Waals surface area (Å²) in [4.78, 5) is 13.2. The Morgan fingerprint density at radius 3 is 2.61 bits per heavy atom. The lowest BCUT2D eigenvalue weighted by molar-refractivity contribution is -0.117. The highest BCUT2D eigenvalue weighted by Gasteiger charge is 2.11. The van der Waals surface area contributed by atoms with E-state index in [9.17, 15) is 4.79 Å². The highest BCUT2D eigenvalue weighted by atomic mass is 16.1. The SMILES string of the molecule is Cn1nnc(CC(=O)Cc2ccccc2CN)n1. The Morgan fingerprint density at radius 2 is 2.00 bits per heavy atom. The maximum absolute atomic E-state index is 11.9. The Kier molecular flexibility index (Phi) is 3.78. The fraction of sp³-hybridized carbons (Fsp3) is 0.333. The number of Topliss-reactive ketones (excluding diaryl/α,β-unsaturated/α-hetero) is 1. The maximum atomic E-state index is 11.9. The summed E-state index contributed by atoms with van der Waals surface area (Å²) in [7, 11) is 1.67. The number of nitrogens with two attached hydrogens (primary N) is 1. The number of aryl methyl sites for hydroxylation is 1. The van der Waals surface area contributed by atoms with Crippen molar-refractivity contribution in [2.24, 2.45) is 12.8 Å². The van der Waals surface area contributed by atoms with Crippen LogP contribution in [0.3, 0.4) is 0 Å². The van der Waals surface area contributed by atoms with E-state index in [-0.39, 0.29) is 12.2 Å². The standard InChI is InChI=1S/C12H15N5O/c1-17-15-12(14-16-17)7-11(18)6-9-4-2-3-5-10(9)8-13/h2-5H,6-8,13H2,1H3. The summed E-state index contributed by atoms with van der Waals surface area (Å²) in [6.07, 6.45) is 0.554. The first-order chi connectivity index (χ1) is 8.69. The minimum absolute atomic E-state index is 0.0592. The Morgan fingerprint density at radius 1 is 1.28 bits per heavy atom. The molecular formula is C12H15N5O. The predicted octanol–water partition coefficient (Wildman–Crippen LogP) is 0.0231. The van der Waals surface area contributed by atoms with Gasteiger partial charge in [0, 0.05) is 13.0 Å². The normalized spacial score (nSPS) is 10.6. The molecule has 0 amide bonds. The molecule has 0 radical (unpaired) electrons. The molecule has 0 bridgehead atoms. The molecule has 0 fully saturated rings. The van der Waals surface area contributed by atoms with E-state index in [0.29, 0.717) is 18.8 Å². The summed E-state index contributed by atoms with van der Waals surface area (Å²) >= 11 is 0. The van der Waals surface area contributed by atoms with Crippen molar-refractivity contribution in [1.82, 2.24) is 20.2 Å². The Balaban J connectivity index is 2.03. The molecule has 0 spiro atoms. The predicted molar refractivity (Wildman–Crippen MR) is 65.5 cm³/mol. The number of hydrogen-bond acceptors (Lipinski definition) is 5. The molecule has 2 aromatic rings. The lowest BCUT2D eigenvalue weighted by Crippen LogP contribution is -2.11. The molecule has 0 aliphatic rings. The van der Waals surface area contributed by atoms with Gasteiger partial charge >= 0.3 is 0 Å². The number of ketones is 1. The average molecular weight is 245 g/mol. The first-order valence-corrected chi connectivity index (χ1v) is 5.70. The molecule has 0 unspecified atom stereocenters. The van der Waals surface area contributed by atoms with Crippen molar-refractivity contribution < 1.29 is 4.79 Å². The van der Waals surface area contributed by atoms with Crippen LogP contribution in [0.5, 0.6) is 0 Å². The zero-order valence-corrected chi connectivity index (χ0v) is 10.2. The summed E-state index contributed by atoms with van der Waals surface area (Å²) < 4.78 is 0. The van der Waals surface area contributed by atoms with Crippen molar-refractivity contribution in [1.29, 1.82) is 0 Å². The Hall–Kier alpha value is -2.08. The zero-order valence-electron chi connectivity index (χ0n) is 10.2. The summed E-state index contributed by atoms with van der Waals surface area (Å²) in [6, 6.07) is 7.68. The molecule has 0 saturated heterocycles. The molecule has 0 aliphatic carbocycles. The highest BCUT2D eigenvalue weighted by molar-refractivity contribution is 5.82. The molecular weight excluding hydrogens is 230 g/mol. The topological polar surface area (TPSA) is 86.7 Å². The van der Waals surface area contributed by atoms with E-state index in [1.807, 2.05) is 24.3 Å². The highest BCUT2D eigenvalue weighted by Crippen LogP contribution is 2.09. The third kappa shape index (κ3) is 2.98. The third-order valence-electron chi connectivity index (χ3n) is 2.63. The average Bonchev–Trinajstić information content (AvgIpc) is 2.75. The van der Waals surface area contributed by atoms with Gasteiger partial charge in [0.1, 0.15) is 5.78 Å². The molecule has 2 rings (SSSR count). The minimum Gasteiger partial charge on any atom is -0.326 e. The van der Waals surface area contributed by atoms with E-state index in [0.717, 1.165) is 11.1 Å². The van der Waals surface area contributed by atoms with Gasteiger partial charge in [0.2, 0.25) is 0 Å². The molecule has 0 saturated carbocycles. The zero-order chi connectivity index (χ0) is 13.0. The van der Waals surface area contributed by atoms with Crippen molar-refractivity contribution in [3.63, 3.8) is 0 Å². The lowest BCUT2D eigenvalue weighted by Gasteiger charge is -2.05. The number of carbonyl (C=O) groups is 1. The third-order valence-corrected chi connectivity index (χ3v) is 2.63. The monoisotopic (exact) mass is 245 g/mol. The summed E-state index contributed by atoms with van der Waals surface area (Å²) in [5.41, 5.74) is 7.60. The number of rotatable bonds is 5. The van der Waals surface area contributed by atoms with Gasteiger partial charge in [-0.2, -0.15) is 4.80 Å². The van der Waals surface area contributed by atoms with Crippen LogP contribution < -0.4 is 5.73 Å². The Labute approximate surface area is 105 Å². The van der Waals surface area contributed by atoms with E-state index in [2.05, 4.69) is 15.4 Å². The molecule has 1 aromatic carbocycles. The quantitative estimate of drug-likeness (QED) is 0.802. The van der Waals surface area contributed by atoms with E-state index in [1.165, 1.54) is 4.80 Å². The van der Waals surface area contributed by atoms with Gasteiger partial charge in [0.15, 0.2) is 5.82 Å². The molecule has 18 heavy (non-hydrogen) atoms. The number of hydrogen-bond donors (Lipinski definition) is 1. The smallest absolute Gasteiger partial charge is 0.182 e. The van der Waals surface area contributed by atoms with E-state index >= 15 is 0 Å². The van der Waals surface area contributed by atoms with Crippen molar-refractivity contribution in [2.45, 2.75) is 19.4 Å². The van der Waals surface area contributed by atoms with Gasteiger partial charge in [0.05, 0.1) is 13.5 Å². The maximum Gasteiger partial charge on any atom is 0.182 e. The summed E-state index contributed by atoms with van der Waals surface area (Å²) in [5.74, 6) is 0.511. The van der Waals surface area contributed by atoms with Crippen molar-refractivity contribution in [3.8, 4) is 0 Å². The second-order valence-corrected chi connectivity index (χ2v) is 4.06. The van der Waals surface area contributed by atoms with E-state index < -0.39 is 0 Å². The van der Waals surface area contributed by atoms with Crippen LogP contribution in [0.15, 0.2) is 24.3 Å². The first-order valence-electron chi connectivity index (χ1n) is 5.70. The van der Waals surface area contributed by atoms with Gasteiger partial charge in [-0.05, 0) is 16.3 Å². The molecule has 6 nitrogen and oxygen atoms in total. The van der Waals surface area contributed by atoms with Crippen molar-refractivity contribution in [3.05, 3.63) is 41.2 Å². The molecule has 2 N–H and O–H groups in total. The van der Waals surface area contributed by atoms with Gasteiger partial charge in [0.25, 0.3) is 0 Å². The van der Waals surface area contributed by atoms with Gasteiger partial charge < -0.3 is 5.73 Å². The van der Waals surface area contributed by atoms with Crippen LogP contribution in [-0.4, -0.2) is 26.0 Å². The van der Waals surface area contributed by atoms with Crippen LogP contribution in [0.25, 0.3) is 0 Å². The van der Waals surface area contributed by atoms with E-state index in [4.69, 9.17) is 5.73 Å². The van der Waals surface area contributed by atoms with Gasteiger partial charge in [-0.15, -0.1) is 10.2 Å². The largest absolute Gasteiger partial charge is 0.326 e. The lowest BCUT2D eigenvalue weighted by atomic mass is 10.0. The first kappa shape index (κ1) is 12.4. The number of aromatic nitrogens is 4. The van der Waals surface area contributed by atoms with Crippen LogP contribution in [0.2, 0.25) is 0 Å². The van der Waals surface area contributed by atoms with Crippen LogP contribution in [0.4, 0.5) is 0 Å². The summed E-state index contributed by atoms with van der Waals surface area (Å²) in [6.45, 7) is 0.437. The van der Waals surface area contributed by atoms with Crippen LogP contribution in [0, 0.1) is 0 Å². The molecule has 1 aromatic heterocycles. The second-order valence-electron chi connectivity index (χ2n) is 4.06. The van der Waals surface area contributed by atoms with Gasteiger partial charge in [-0.3, -0.25) is 4.79 Å². The minimum atomic E-state index is 0.0592. The van der Waals surface area contributed by atoms with Crippen LogP contribution >= 0.6 is 0 Å².